The maximum absolute atomic E-state index is 10.9. The molecule has 0 saturated carbocycles. The predicted octanol–water partition coefficient (Wildman–Crippen LogP) is 4.43. The van der Waals surface area contributed by atoms with Crippen molar-refractivity contribution in [3.05, 3.63) is 47.0 Å². The number of ether oxygens (including phenoxy) is 1. The number of carbonyl (C=O) groups is 1. The van der Waals surface area contributed by atoms with Crippen molar-refractivity contribution in [3.8, 4) is 5.69 Å². The number of aromatic nitrogens is 3. The van der Waals surface area contributed by atoms with Gasteiger partial charge in [-0.15, -0.1) is 0 Å². The highest BCUT2D eigenvalue weighted by atomic mass is 35.5. The van der Waals surface area contributed by atoms with Gasteiger partial charge in [-0.25, -0.2) is 14.8 Å². The molecule has 1 aromatic carbocycles. The van der Waals surface area contributed by atoms with Crippen molar-refractivity contribution in [2.75, 3.05) is 24.7 Å². The van der Waals surface area contributed by atoms with Gasteiger partial charge in [0.05, 0.1) is 40.2 Å². The summed E-state index contributed by atoms with van der Waals surface area (Å²) in [6.45, 7) is 2.99. The summed E-state index contributed by atoms with van der Waals surface area (Å²) in [6, 6.07) is 5.71. The van der Waals surface area contributed by atoms with E-state index in [1.165, 1.54) is 0 Å². The number of imidazole rings is 1. The Morgan fingerprint density at radius 1 is 1.37 bits per heavy atom. The number of pyridine rings is 1. The van der Waals surface area contributed by atoms with E-state index >= 15 is 0 Å². The molecule has 7 nitrogen and oxygen atoms in total. The normalized spacial score (nSPS) is 19.0. The van der Waals surface area contributed by atoms with Crippen molar-refractivity contribution in [3.63, 3.8) is 0 Å². The van der Waals surface area contributed by atoms with E-state index in [0.29, 0.717) is 28.1 Å². The van der Waals surface area contributed by atoms with Crippen molar-refractivity contribution in [1.82, 2.24) is 14.5 Å². The molecule has 3 aromatic rings. The van der Waals surface area contributed by atoms with Gasteiger partial charge in [0.1, 0.15) is 12.4 Å². The number of aliphatic carboxylic acids is 1. The summed E-state index contributed by atoms with van der Waals surface area (Å²) in [7, 11) is 0. The van der Waals surface area contributed by atoms with Crippen LogP contribution in [0.3, 0.4) is 0 Å². The maximum atomic E-state index is 10.9. The first kappa shape index (κ1) is 20.9. The van der Waals surface area contributed by atoms with Crippen LogP contribution in [0.4, 0.5) is 5.82 Å². The third kappa shape index (κ3) is 4.10. The Kier molecular flexibility index (Phi) is 6.13. The Bertz CT molecular complexity index is 1060. The molecule has 158 valence electrons. The van der Waals surface area contributed by atoms with Gasteiger partial charge in [-0.3, -0.25) is 0 Å². The third-order valence-electron chi connectivity index (χ3n) is 5.53. The summed E-state index contributed by atoms with van der Waals surface area (Å²) in [6.07, 6.45) is 7.26. The molecule has 0 aliphatic carbocycles. The average Bonchev–Trinajstić information content (AvgIpc) is 3.40. The Balaban J connectivity index is 1.78. The van der Waals surface area contributed by atoms with Crippen molar-refractivity contribution < 1.29 is 14.6 Å². The zero-order chi connectivity index (χ0) is 21.3. The predicted molar refractivity (Wildman–Crippen MR) is 117 cm³/mol. The van der Waals surface area contributed by atoms with Gasteiger partial charge >= 0.3 is 5.97 Å². The summed E-state index contributed by atoms with van der Waals surface area (Å²) in [5, 5.41) is 10.6. The van der Waals surface area contributed by atoms with Gasteiger partial charge in [0.25, 0.3) is 0 Å². The molecule has 2 aromatic heterocycles. The summed E-state index contributed by atoms with van der Waals surface area (Å²) < 4.78 is 7.34. The Morgan fingerprint density at radius 3 is 2.90 bits per heavy atom. The highest BCUT2D eigenvalue weighted by Gasteiger charge is 2.33. The topological polar surface area (TPSA) is 80.5 Å². The number of hydrogen-bond donors (Lipinski definition) is 1. The van der Waals surface area contributed by atoms with Crippen molar-refractivity contribution in [2.24, 2.45) is 5.92 Å². The lowest BCUT2D eigenvalue weighted by Crippen LogP contribution is -2.34. The molecule has 0 bridgehead atoms. The maximum Gasteiger partial charge on any atom is 0.329 e. The van der Waals surface area contributed by atoms with E-state index in [4.69, 9.17) is 38.0 Å². The van der Waals surface area contributed by atoms with Crippen LogP contribution in [0.1, 0.15) is 19.8 Å². The standard InChI is InChI=1S/C21H22Cl2N4O3/c1-2-13-7-14(10-30-11-19(28)29)27(9-13)18-8-17(26-6-5-24-12-26)15-3-4-16(22)20(23)21(15)25-18/h3-6,8,12-14H,2,7,9-11H2,1H3,(H,28,29)/t13-,14-/m0/s1. The lowest BCUT2D eigenvalue weighted by molar-refractivity contribution is -0.142. The molecule has 1 saturated heterocycles. The highest BCUT2D eigenvalue weighted by molar-refractivity contribution is 6.45. The summed E-state index contributed by atoms with van der Waals surface area (Å²) >= 11 is 12.8. The molecule has 0 unspecified atom stereocenters. The minimum absolute atomic E-state index is 0.0350. The fraction of sp³-hybridized carbons (Fsp3) is 0.381. The number of carboxylic acids is 1. The molecular weight excluding hydrogens is 427 g/mol. The van der Waals surface area contributed by atoms with Crippen LogP contribution in [0.25, 0.3) is 16.6 Å². The van der Waals surface area contributed by atoms with Crippen molar-refractivity contribution in [1.29, 1.82) is 0 Å². The van der Waals surface area contributed by atoms with Crippen LogP contribution in [-0.2, 0) is 9.53 Å². The molecule has 2 atom stereocenters. The molecule has 0 amide bonds. The van der Waals surface area contributed by atoms with Crippen molar-refractivity contribution in [2.45, 2.75) is 25.8 Å². The lowest BCUT2D eigenvalue weighted by Gasteiger charge is -2.26. The van der Waals surface area contributed by atoms with E-state index in [-0.39, 0.29) is 12.6 Å². The zero-order valence-electron chi connectivity index (χ0n) is 16.5. The number of fused-ring (bicyclic) bond motifs is 1. The highest BCUT2D eigenvalue weighted by Crippen LogP contribution is 2.37. The molecule has 0 radical (unpaired) electrons. The molecular formula is C21H22Cl2N4O3. The van der Waals surface area contributed by atoms with Crippen LogP contribution in [0, 0.1) is 5.92 Å². The van der Waals surface area contributed by atoms with Crippen LogP contribution < -0.4 is 4.90 Å². The van der Waals surface area contributed by atoms with Crippen molar-refractivity contribution >= 4 is 45.9 Å². The van der Waals surface area contributed by atoms with Gasteiger partial charge < -0.3 is 19.3 Å². The van der Waals surface area contributed by atoms with E-state index in [0.717, 1.165) is 36.3 Å². The number of benzene rings is 1. The SMILES string of the molecule is CC[C@H]1C[C@@H](COCC(=O)O)N(c2cc(-n3ccnc3)c3ccc(Cl)c(Cl)c3n2)C1. The zero-order valence-corrected chi connectivity index (χ0v) is 18.0. The molecule has 0 spiro atoms. The first-order valence-electron chi connectivity index (χ1n) is 9.81. The largest absolute Gasteiger partial charge is 0.480 e. The number of rotatable bonds is 7. The Hall–Kier alpha value is -2.35. The second-order valence-corrected chi connectivity index (χ2v) is 8.24. The van der Waals surface area contributed by atoms with E-state index in [2.05, 4.69) is 16.8 Å². The molecule has 1 aliphatic rings. The number of nitrogens with zero attached hydrogens (tertiary/aromatic N) is 4. The molecule has 3 heterocycles. The van der Waals surface area contributed by atoms with Gasteiger partial charge in [0.15, 0.2) is 0 Å². The first-order chi connectivity index (χ1) is 14.5. The number of carboxylic acid groups (broad SMARTS) is 1. The van der Waals surface area contributed by atoms with E-state index in [1.807, 2.05) is 22.9 Å². The molecule has 9 heteroatoms. The van der Waals surface area contributed by atoms with Gasteiger partial charge in [0.2, 0.25) is 0 Å². The van der Waals surface area contributed by atoms with Crippen LogP contribution in [0.2, 0.25) is 10.0 Å². The summed E-state index contributed by atoms with van der Waals surface area (Å²) in [4.78, 5) is 22.1. The Labute approximate surface area is 184 Å². The fourth-order valence-electron chi connectivity index (χ4n) is 4.00. The minimum Gasteiger partial charge on any atom is -0.480 e. The summed E-state index contributed by atoms with van der Waals surface area (Å²) in [5.41, 5.74) is 1.52. The molecule has 30 heavy (non-hydrogen) atoms. The van der Waals surface area contributed by atoms with E-state index < -0.39 is 5.97 Å². The first-order valence-corrected chi connectivity index (χ1v) is 10.6. The quantitative estimate of drug-likeness (QED) is 0.575. The van der Waals surface area contributed by atoms with Crippen LogP contribution in [0.15, 0.2) is 36.9 Å². The van der Waals surface area contributed by atoms with Gasteiger partial charge in [-0.2, -0.15) is 0 Å². The van der Waals surface area contributed by atoms with E-state index in [9.17, 15) is 4.79 Å². The van der Waals surface area contributed by atoms with Crippen LogP contribution in [0.5, 0.6) is 0 Å². The molecule has 1 aliphatic heterocycles. The second-order valence-electron chi connectivity index (χ2n) is 7.45. The second kappa shape index (κ2) is 8.79. The van der Waals surface area contributed by atoms with E-state index in [1.54, 1.807) is 18.6 Å². The average molecular weight is 449 g/mol. The van der Waals surface area contributed by atoms with Crippen LogP contribution in [-0.4, -0.2) is 51.4 Å². The number of anilines is 1. The monoisotopic (exact) mass is 448 g/mol. The summed E-state index contributed by atoms with van der Waals surface area (Å²) in [5.74, 6) is 0.266. The Morgan fingerprint density at radius 2 is 2.20 bits per heavy atom. The molecule has 4 rings (SSSR count). The third-order valence-corrected chi connectivity index (χ3v) is 6.32. The molecule has 1 fully saturated rings. The van der Waals surface area contributed by atoms with Gasteiger partial charge in [0, 0.05) is 30.4 Å². The van der Waals surface area contributed by atoms with Crippen LogP contribution >= 0.6 is 23.2 Å². The van der Waals surface area contributed by atoms with Gasteiger partial charge in [-0.1, -0.05) is 36.5 Å². The molecule has 1 N–H and O–H groups in total. The lowest BCUT2D eigenvalue weighted by atomic mass is 10.0. The minimum atomic E-state index is -0.973. The number of halogens is 2. The smallest absolute Gasteiger partial charge is 0.329 e. The van der Waals surface area contributed by atoms with Gasteiger partial charge in [-0.05, 0) is 24.5 Å². The fourth-order valence-corrected chi connectivity index (χ4v) is 4.36. The number of hydrogen-bond acceptors (Lipinski definition) is 5.